The third-order valence-electron chi connectivity index (χ3n) is 3.51. The molecule has 1 aromatic rings. The van der Waals surface area contributed by atoms with Crippen LogP contribution in [0.4, 0.5) is 11.5 Å². The Balaban J connectivity index is 1.99. The van der Waals surface area contributed by atoms with Crippen molar-refractivity contribution in [1.82, 2.24) is 4.98 Å². The van der Waals surface area contributed by atoms with Crippen LogP contribution in [0.15, 0.2) is 18.3 Å². The molecule has 2 rings (SSSR count). The number of rotatable bonds is 3. The van der Waals surface area contributed by atoms with Gasteiger partial charge in [-0.1, -0.05) is 0 Å². The number of nitrogens with zero attached hydrogens (tertiary/aromatic N) is 3. The second-order valence-electron chi connectivity index (χ2n) is 4.70. The highest BCUT2D eigenvalue weighted by Crippen LogP contribution is 2.25. The van der Waals surface area contributed by atoms with Gasteiger partial charge in [0.25, 0.3) is 0 Å². The molecule has 1 aliphatic rings. The van der Waals surface area contributed by atoms with E-state index in [0.29, 0.717) is 5.92 Å². The average molecular weight is 251 g/mol. The summed E-state index contributed by atoms with van der Waals surface area (Å²) in [5, 5.41) is 20.0. The molecule has 6 heteroatoms. The number of aliphatic hydroxyl groups excluding tert-OH is 1. The highest BCUT2D eigenvalue weighted by molar-refractivity contribution is 5.46. The summed E-state index contributed by atoms with van der Waals surface area (Å²) < 4.78 is 0. The lowest BCUT2D eigenvalue weighted by Gasteiger charge is -2.34. The summed E-state index contributed by atoms with van der Waals surface area (Å²) in [5.41, 5.74) is 0.907. The first-order chi connectivity index (χ1) is 8.58. The molecule has 0 saturated carbocycles. The summed E-state index contributed by atoms with van der Waals surface area (Å²) in [6.07, 6.45) is 3.16. The molecule has 0 bridgehead atoms. The Labute approximate surface area is 105 Å². The van der Waals surface area contributed by atoms with Gasteiger partial charge in [0.15, 0.2) is 6.20 Å². The molecule has 0 radical (unpaired) electrons. The number of hydrogen-bond acceptors (Lipinski definition) is 5. The van der Waals surface area contributed by atoms with Crippen LogP contribution in [0, 0.1) is 16.0 Å². The maximum Gasteiger partial charge on any atom is 0.363 e. The Morgan fingerprint density at radius 2 is 2.17 bits per heavy atom. The Hall–Kier alpha value is -1.69. The first-order valence-electron chi connectivity index (χ1n) is 6.11. The molecule has 1 fully saturated rings. The second kappa shape index (κ2) is 5.30. The minimum absolute atomic E-state index is 0.127. The summed E-state index contributed by atoms with van der Waals surface area (Å²) in [7, 11) is 0. The monoisotopic (exact) mass is 251 g/mol. The summed E-state index contributed by atoms with van der Waals surface area (Å²) >= 11 is 0. The van der Waals surface area contributed by atoms with Crippen LogP contribution in [-0.4, -0.2) is 34.2 Å². The fourth-order valence-electron chi connectivity index (χ4n) is 2.31. The van der Waals surface area contributed by atoms with Crippen LogP contribution in [0.3, 0.4) is 0 Å². The normalized spacial score (nSPS) is 18.7. The second-order valence-corrected chi connectivity index (χ2v) is 4.70. The zero-order chi connectivity index (χ0) is 13.1. The van der Waals surface area contributed by atoms with Crippen molar-refractivity contribution in [3.8, 4) is 0 Å². The lowest BCUT2D eigenvalue weighted by Crippen LogP contribution is -2.37. The summed E-state index contributed by atoms with van der Waals surface area (Å²) in [5.74, 6) is 0.227. The van der Waals surface area contributed by atoms with Crippen molar-refractivity contribution >= 4 is 11.5 Å². The van der Waals surface area contributed by atoms with Crippen LogP contribution in [-0.2, 0) is 0 Å². The lowest BCUT2D eigenvalue weighted by atomic mass is 9.92. The van der Waals surface area contributed by atoms with Crippen molar-refractivity contribution in [3.05, 3.63) is 28.4 Å². The zero-order valence-corrected chi connectivity index (χ0v) is 10.3. The highest BCUT2D eigenvalue weighted by Gasteiger charge is 2.23. The van der Waals surface area contributed by atoms with Gasteiger partial charge in [-0.05, 0) is 41.7 Å². The van der Waals surface area contributed by atoms with E-state index in [-0.39, 0.29) is 11.9 Å². The van der Waals surface area contributed by atoms with Crippen molar-refractivity contribution in [2.75, 3.05) is 18.0 Å². The number of nitro groups is 1. The SMILES string of the molecule is CC(O)C1CCN(c2ccc([N+](=O)[O-])nc2)CC1. The van der Waals surface area contributed by atoms with Gasteiger partial charge >= 0.3 is 5.82 Å². The molecule has 1 atom stereocenters. The minimum atomic E-state index is -0.497. The molecule has 6 nitrogen and oxygen atoms in total. The molecule has 1 saturated heterocycles. The third kappa shape index (κ3) is 2.76. The van der Waals surface area contributed by atoms with Crippen molar-refractivity contribution in [2.24, 2.45) is 5.92 Å². The van der Waals surface area contributed by atoms with Crippen LogP contribution >= 0.6 is 0 Å². The number of piperidine rings is 1. The third-order valence-corrected chi connectivity index (χ3v) is 3.51. The van der Waals surface area contributed by atoms with Crippen LogP contribution in [0.5, 0.6) is 0 Å². The number of aromatic nitrogens is 1. The minimum Gasteiger partial charge on any atom is -0.393 e. The van der Waals surface area contributed by atoms with Crippen LogP contribution < -0.4 is 4.90 Å². The van der Waals surface area contributed by atoms with Gasteiger partial charge in [-0.2, -0.15) is 0 Å². The summed E-state index contributed by atoms with van der Waals surface area (Å²) in [6.45, 7) is 3.54. The molecule has 1 N–H and O–H groups in total. The molecular formula is C12H17N3O3. The number of aliphatic hydroxyl groups is 1. The molecule has 98 valence electrons. The predicted octanol–water partition coefficient (Wildman–Crippen LogP) is 1.59. The van der Waals surface area contributed by atoms with Gasteiger partial charge in [-0.25, -0.2) is 0 Å². The molecule has 0 amide bonds. The van der Waals surface area contributed by atoms with Gasteiger partial charge in [-0.3, -0.25) is 0 Å². The largest absolute Gasteiger partial charge is 0.393 e. The Morgan fingerprint density at radius 3 is 2.61 bits per heavy atom. The smallest absolute Gasteiger partial charge is 0.363 e. The van der Waals surface area contributed by atoms with E-state index < -0.39 is 4.92 Å². The molecule has 1 aromatic heterocycles. The van der Waals surface area contributed by atoms with Crippen molar-refractivity contribution in [3.63, 3.8) is 0 Å². The zero-order valence-electron chi connectivity index (χ0n) is 10.3. The maximum absolute atomic E-state index is 10.5. The van der Waals surface area contributed by atoms with Crippen LogP contribution in [0.25, 0.3) is 0 Å². The molecule has 0 aromatic carbocycles. The summed E-state index contributed by atoms with van der Waals surface area (Å²) in [6, 6.07) is 3.16. The highest BCUT2D eigenvalue weighted by atomic mass is 16.6. The number of anilines is 1. The van der Waals surface area contributed by atoms with E-state index in [9.17, 15) is 15.2 Å². The van der Waals surface area contributed by atoms with Gasteiger partial charge in [-0.15, -0.1) is 0 Å². The molecule has 1 aliphatic heterocycles. The standard InChI is InChI=1S/C12H17N3O3/c1-9(16)10-4-6-14(7-5-10)11-2-3-12(13-8-11)15(17)18/h2-3,8-10,16H,4-7H2,1H3. The first kappa shape index (κ1) is 12.8. The quantitative estimate of drug-likeness (QED) is 0.651. The Kier molecular flexibility index (Phi) is 3.76. The Bertz CT molecular complexity index is 411. The van der Waals surface area contributed by atoms with Crippen LogP contribution in [0.1, 0.15) is 19.8 Å². The first-order valence-corrected chi connectivity index (χ1v) is 6.11. The number of hydrogen-bond donors (Lipinski definition) is 1. The van der Waals surface area contributed by atoms with Gasteiger partial charge in [0, 0.05) is 19.2 Å². The van der Waals surface area contributed by atoms with Crippen molar-refractivity contribution < 1.29 is 10.0 Å². The Morgan fingerprint density at radius 1 is 1.50 bits per heavy atom. The summed E-state index contributed by atoms with van der Waals surface area (Å²) in [4.78, 5) is 16.0. The van der Waals surface area contributed by atoms with E-state index in [4.69, 9.17) is 0 Å². The molecule has 18 heavy (non-hydrogen) atoms. The van der Waals surface area contributed by atoms with E-state index in [1.165, 1.54) is 6.07 Å². The number of pyridine rings is 1. The average Bonchev–Trinajstić information content (AvgIpc) is 2.39. The fraction of sp³-hybridized carbons (Fsp3) is 0.583. The van der Waals surface area contributed by atoms with E-state index in [1.807, 2.05) is 6.92 Å². The van der Waals surface area contributed by atoms with Gasteiger partial charge in [0.05, 0.1) is 11.8 Å². The van der Waals surface area contributed by atoms with E-state index >= 15 is 0 Å². The molecule has 0 aliphatic carbocycles. The lowest BCUT2D eigenvalue weighted by molar-refractivity contribution is -0.389. The molecular weight excluding hydrogens is 234 g/mol. The maximum atomic E-state index is 10.5. The molecule has 0 spiro atoms. The van der Waals surface area contributed by atoms with Crippen molar-refractivity contribution in [2.45, 2.75) is 25.9 Å². The van der Waals surface area contributed by atoms with Gasteiger partial charge in [0.1, 0.15) is 0 Å². The topological polar surface area (TPSA) is 79.5 Å². The van der Waals surface area contributed by atoms with E-state index in [2.05, 4.69) is 9.88 Å². The van der Waals surface area contributed by atoms with Gasteiger partial charge < -0.3 is 20.1 Å². The predicted molar refractivity (Wildman–Crippen MR) is 67.5 cm³/mol. The van der Waals surface area contributed by atoms with E-state index in [0.717, 1.165) is 31.6 Å². The van der Waals surface area contributed by atoms with Crippen molar-refractivity contribution in [1.29, 1.82) is 0 Å². The van der Waals surface area contributed by atoms with Gasteiger partial charge in [0.2, 0.25) is 0 Å². The van der Waals surface area contributed by atoms with E-state index in [1.54, 1.807) is 12.3 Å². The van der Waals surface area contributed by atoms with Crippen LogP contribution in [0.2, 0.25) is 0 Å². The molecule has 1 unspecified atom stereocenters. The molecule has 2 heterocycles. The fourth-order valence-corrected chi connectivity index (χ4v) is 2.31.